The van der Waals surface area contributed by atoms with Crippen molar-refractivity contribution in [3.8, 4) is 11.8 Å². The first-order valence-corrected chi connectivity index (χ1v) is 10.9. The lowest BCUT2D eigenvalue weighted by atomic mass is 9.81. The van der Waals surface area contributed by atoms with E-state index in [4.69, 9.17) is 11.6 Å². The molecule has 4 rings (SSSR count). The van der Waals surface area contributed by atoms with Gasteiger partial charge in [-0.05, 0) is 23.8 Å². The minimum Gasteiger partial charge on any atom is -0.501 e. The molecule has 4 aromatic rings. The first-order valence-electron chi connectivity index (χ1n) is 10.5. The molecular weight excluding hydrogens is 493 g/mol. The van der Waals surface area contributed by atoms with Crippen molar-refractivity contribution in [2.24, 2.45) is 14.1 Å². The largest absolute Gasteiger partial charge is 0.501 e. The van der Waals surface area contributed by atoms with E-state index >= 15 is 0 Å². The fourth-order valence-electron chi connectivity index (χ4n) is 4.06. The van der Waals surface area contributed by atoms with E-state index in [2.05, 4.69) is 25.1 Å². The van der Waals surface area contributed by atoms with Crippen LogP contribution in [0, 0.1) is 17.1 Å². The van der Waals surface area contributed by atoms with Crippen molar-refractivity contribution in [1.82, 2.24) is 24.5 Å². The fourth-order valence-corrected chi connectivity index (χ4v) is 4.29. The second-order valence-corrected chi connectivity index (χ2v) is 8.46. The van der Waals surface area contributed by atoms with E-state index in [0.29, 0.717) is 11.1 Å². The number of carbonyl (C=O) groups excluding carboxylic acids is 1. The van der Waals surface area contributed by atoms with Crippen LogP contribution in [0.4, 0.5) is 10.1 Å². The molecule has 2 atom stereocenters. The zero-order chi connectivity index (χ0) is 26.1. The van der Waals surface area contributed by atoms with E-state index in [9.17, 15) is 24.3 Å². The van der Waals surface area contributed by atoms with E-state index in [1.165, 1.54) is 36.1 Å². The molecular formula is C23H19ClFN7O4. The summed E-state index contributed by atoms with van der Waals surface area (Å²) >= 11 is 6.45. The molecule has 1 amide bonds. The number of hydrogen-bond acceptors (Lipinski definition) is 8. The third-order valence-electron chi connectivity index (χ3n) is 5.71. The molecule has 0 saturated heterocycles. The van der Waals surface area contributed by atoms with Gasteiger partial charge in [0.15, 0.2) is 11.4 Å². The predicted molar refractivity (Wildman–Crippen MR) is 125 cm³/mol. The molecule has 0 aliphatic heterocycles. The number of carbonyl (C=O) groups is 1. The number of aromatic nitrogens is 5. The topological polar surface area (TPSA) is 152 Å². The molecule has 0 aliphatic rings. The van der Waals surface area contributed by atoms with Gasteiger partial charge in [0.25, 0.3) is 11.5 Å². The van der Waals surface area contributed by atoms with Gasteiger partial charge in [0, 0.05) is 42.7 Å². The van der Waals surface area contributed by atoms with Crippen molar-refractivity contribution in [2.75, 3.05) is 5.32 Å². The number of rotatable bonds is 6. The number of anilines is 1. The second-order valence-electron chi connectivity index (χ2n) is 8.05. The van der Waals surface area contributed by atoms with Crippen LogP contribution in [-0.4, -0.2) is 35.5 Å². The van der Waals surface area contributed by atoms with Crippen molar-refractivity contribution in [3.63, 3.8) is 0 Å². The Bertz CT molecular complexity index is 1550. The Balaban J connectivity index is 1.90. The van der Waals surface area contributed by atoms with E-state index < -0.39 is 40.6 Å². The van der Waals surface area contributed by atoms with E-state index in [1.807, 2.05) is 6.07 Å². The molecule has 11 nitrogen and oxygen atoms in total. The smallest absolute Gasteiger partial charge is 0.296 e. The Morgan fingerprint density at radius 3 is 2.75 bits per heavy atom. The average molecular weight is 512 g/mol. The third kappa shape index (κ3) is 4.44. The molecule has 0 fully saturated rings. The summed E-state index contributed by atoms with van der Waals surface area (Å²) in [4.78, 5) is 30.0. The van der Waals surface area contributed by atoms with Crippen LogP contribution in [0.15, 0.2) is 46.2 Å². The molecule has 0 aliphatic carbocycles. The van der Waals surface area contributed by atoms with Crippen LogP contribution in [0.1, 0.15) is 51.9 Å². The van der Waals surface area contributed by atoms with Crippen molar-refractivity contribution < 1.29 is 18.8 Å². The summed E-state index contributed by atoms with van der Waals surface area (Å²) in [5.41, 5.74) is -0.405. The summed E-state index contributed by atoms with van der Waals surface area (Å²) < 4.78 is 21.5. The quantitative estimate of drug-likeness (QED) is 0.400. The highest BCUT2D eigenvalue weighted by molar-refractivity contribution is 6.31. The van der Waals surface area contributed by atoms with Crippen molar-refractivity contribution >= 4 is 23.2 Å². The summed E-state index contributed by atoms with van der Waals surface area (Å²) in [7, 11) is 3.00. The minimum atomic E-state index is -0.877. The molecule has 0 bridgehead atoms. The van der Waals surface area contributed by atoms with Crippen LogP contribution in [0.2, 0.25) is 5.02 Å². The van der Waals surface area contributed by atoms with Crippen LogP contribution in [-0.2, 0) is 14.1 Å². The number of nitrogens with zero attached hydrogens (tertiary/aromatic N) is 6. The Morgan fingerprint density at radius 1 is 1.33 bits per heavy atom. The molecule has 3 aromatic heterocycles. The first kappa shape index (κ1) is 24.6. The zero-order valence-electron chi connectivity index (χ0n) is 19.2. The summed E-state index contributed by atoms with van der Waals surface area (Å²) in [5.74, 6) is -3.76. The number of aryl methyl sites for hydroxylation is 1. The summed E-state index contributed by atoms with van der Waals surface area (Å²) in [5, 5.41) is 30.4. The van der Waals surface area contributed by atoms with Gasteiger partial charge in [-0.25, -0.2) is 9.37 Å². The lowest BCUT2D eigenvalue weighted by Gasteiger charge is -2.26. The highest BCUT2D eigenvalue weighted by Crippen LogP contribution is 2.42. The molecule has 0 radical (unpaired) electrons. The van der Waals surface area contributed by atoms with Crippen molar-refractivity contribution in [2.45, 2.75) is 18.8 Å². The van der Waals surface area contributed by atoms with Crippen molar-refractivity contribution in [1.29, 1.82) is 5.26 Å². The first-order chi connectivity index (χ1) is 17.1. The molecule has 36 heavy (non-hydrogen) atoms. The Labute approximate surface area is 208 Å². The van der Waals surface area contributed by atoms with Gasteiger partial charge in [0.05, 0.1) is 6.20 Å². The van der Waals surface area contributed by atoms with E-state index in [0.717, 1.165) is 10.8 Å². The number of hydrogen-bond donors (Lipinski definition) is 2. The van der Waals surface area contributed by atoms with Gasteiger partial charge in [-0.15, -0.1) is 0 Å². The number of aromatic hydroxyl groups is 1. The Kier molecular flexibility index (Phi) is 6.59. The third-order valence-corrected chi connectivity index (χ3v) is 6.05. The molecule has 0 saturated carbocycles. The average Bonchev–Trinajstić information content (AvgIpc) is 3.49. The van der Waals surface area contributed by atoms with E-state index in [-0.39, 0.29) is 22.2 Å². The van der Waals surface area contributed by atoms with Crippen LogP contribution in [0.25, 0.3) is 0 Å². The Morgan fingerprint density at radius 2 is 2.08 bits per heavy atom. The molecule has 13 heteroatoms. The molecule has 1 aromatic carbocycles. The second kappa shape index (κ2) is 9.63. The van der Waals surface area contributed by atoms with Gasteiger partial charge in [-0.1, -0.05) is 23.7 Å². The predicted octanol–water partition coefficient (Wildman–Crippen LogP) is 3.06. The van der Waals surface area contributed by atoms with Gasteiger partial charge in [0.2, 0.25) is 5.75 Å². The summed E-state index contributed by atoms with van der Waals surface area (Å²) in [6.45, 7) is 1.68. The summed E-state index contributed by atoms with van der Waals surface area (Å²) in [6, 6.07) is 5.83. The standard InChI is InChI=1S/C23H19ClFN7O4/c1-11(18(14-6-12(25)4-5-16(14)24)15-9-31(2)30-17(15)7-26)21-29-19(20(33)23(35)32(21)3)22(34)28-13-8-27-36-10-13/h4-6,8-11,18,33H,1-3H3,(H,28,34)/t11-,18+/m0/s1. The lowest BCUT2D eigenvalue weighted by Crippen LogP contribution is -2.29. The van der Waals surface area contributed by atoms with Gasteiger partial charge < -0.3 is 14.9 Å². The number of nitriles is 1. The molecule has 2 N–H and O–H groups in total. The number of halogens is 2. The molecule has 0 unspecified atom stereocenters. The maximum atomic E-state index is 14.3. The monoisotopic (exact) mass is 511 g/mol. The highest BCUT2D eigenvalue weighted by Gasteiger charge is 2.33. The Hall–Kier alpha value is -4.50. The van der Waals surface area contributed by atoms with Crippen molar-refractivity contribution in [3.05, 3.63) is 86.4 Å². The maximum Gasteiger partial charge on any atom is 0.296 e. The summed E-state index contributed by atoms with van der Waals surface area (Å²) in [6.07, 6.45) is 3.99. The van der Waals surface area contributed by atoms with Crippen LogP contribution >= 0.6 is 11.6 Å². The van der Waals surface area contributed by atoms with Gasteiger partial charge >= 0.3 is 0 Å². The lowest BCUT2D eigenvalue weighted by molar-refractivity contribution is 0.101. The highest BCUT2D eigenvalue weighted by atomic mass is 35.5. The number of amides is 1. The number of nitrogens with one attached hydrogen (secondary N) is 1. The fraction of sp³-hybridized carbons (Fsp3) is 0.217. The normalized spacial score (nSPS) is 12.7. The van der Waals surface area contributed by atoms with Gasteiger partial charge in [0.1, 0.15) is 29.7 Å². The number of benzene rings is 1. The maximum absolute atomic E-state index is 14.3. The molecule has 0 spiro atoms. The SMILES string of the molecule is C[C@H](c1nc(C(=O)Nc2cnoc2)c(O)c(=O)n1C)[C@H](c1cc(F)ccc1Cl)c1cn(C)nc1C#N. The minimum absolute atomic E-state index is 0.0730. The van der Waals surface area contributed by atoms with E-state index in [1.54, 1.807) is 20.2 Å². The van der Waals surface area contributed by atoms with Crippen LogP contribution < -0.4 is 10.9 Å². The van der Waals surface area contributed by atoms with Crippen LogP contribution in [0.3, 0.4) is 0 Å². The van der Waals surface area contributed by atoms with Gasteiger partial charge in [-0.3, -0.25) is 18.8 Å². The van der Waals surface area contributed by atoms with Gasteiger partial charge in [-0.2, -0.15) is 10.4 Å². The zero-order valence-corrected chi connectivity index (χ0v) is 20.0. The molecule has 184 valence electrons. The van der Waals surface area contributed by atoms with Crippen LogP contribution in [0.5, 0.6) is 5.75 Å². The molecule has 3 heterocycles.